The number of aryl methyl sites for hydroxylation is 1. The zero-order chi connectivity index (χ0) is 10.1. The zero-order valence-electron chi connectivity index (χ0n) is 7.70. The number of rotatable bonds is 2. The van der Waals surface area contributed by atoms with E-state index in [1.165, 1.54) is 0 Å². The Morgan fingerprint density at radius 3 is 3.07 bits per heavy atom. The van der Waals surface area contributed by atoms with Gasteiger partial charge in [-0.1, -0.05) is 12.1 Å². The third-order valence-electron chi connectivity index (χ3n) is 2.15. The van der Waals surface area contributed by atoms with E-state index in [9.17, 15) is 4.79 Å². The third-order valence-corrected chi connectivity index (χ3v) is 2.79. The number of aromatic nitrogens is 2. The van der Waals surface area contributed by atoms with Gasteiger partial charge >= 0.3 is 0 Å². The van der Waals surface area contributed by atoms with Crippen molar-refractivity contribution in [3.8, 4) is 0 Å². The highest BCUT2D eigenvalue weighted by molar-refractivity contribution is 9.10. The predicted molar refractivity (Wildman–Crippen MR) is 58.2 cm³/mol. The Bertz CT molecular complexity index is 490. The van der Waals surface area contributed by atoms with Crippen LogP contribution in [-0.2, 0) is 11.3 Å². The summed E-state index contributed by atoms with van der Waals surface area (Å²) < 4.78 is 2.68. The topological polar surface area (TPSA) is 34.9 Å². The van der Waals surface area contributed by atoms with Gasteiger partial charge in [-0.3, -0.25) is 4.68 Å². The molecule has 0 N–H and O–H groups in total. The fraction of sp³-hybridized carbons (Fsp3) is 0.200. The van der Waals surface area contributed by atoms with Gasteiger partial charge < -0.3 is 4.79 Å². The standard InChI is InChI=1S/C10H9BrN2O/c1-7-8-3-2-4-9(11)10(8)13(12-7)5-6-14/h2-4,6H,5H2,1H3. The van der Waals surface area contributed by atoms with Crippen molar-refractivity contribution in [2.75, 3.05) is 0 Å². The second-order valence-electron chi connectivity index (χ2n) is 3.07. The third kappa shape index (κ3) is 1.35. The van der Waals surface area contributed by atoms with Crippen LogP contribution in [0.25, 0.3) is 10.9 Å². The molecule has 0 saturated carbocycles. The average molecular weight is 253 g/mol. The van der Waals surface area contributed by atoms with Crippen LogP contribution in [-0.4, -0.2) is 16.1 Å². The molecule has 1 heterocycles. The van der Waals surface area contributed by atoms with Gasteiger partial charge in [0.05, 0.1) is 17.8 Å². The van der Waals surface area contributed by atoms with Crippen LogP contribution in [0.5, 0.6) is 0 Å². The second-order valence-corrected chi connectivity index (χ2v) is 3.92. The van der Waals surface area contributed by atoms with Crippen LogP contribution in [0.15, 0.2) is 22.7 Å². The molecule has 2 rings (SSSR count). The number of hydrogen-bond acceptors (Lipinski definition) is 2. The van der Waals surface area contributed by atoms with Crippen LogP contribution in [0.1, 0.15) is 5.69 Å². The minimum atomic E-state index is 0.299. The Morgan fingerprint density at radius 2 is 2.36 bits per heavy atom. The molecule has 72 valence electrons. The summed E-state index contributed by atoms with van der Waals surface area (Å²) in [6.07, 6.45) is 0.853. The molecule has 1 aromatic heterocycles. The number of fused-ring (bicyclic) bond motifs is 1. The molecule has 0 aliphatic rings. The maximum Gasteiger partial charge on any atom is 0.141 e. The second kappa shape index (κ2) is 3.53. The minimum absolute atomic E-state index is 0.299. The molecular formula is C10H9BrN2O. The Hall–Kier alpha value is -1.16. The molecule has 0 bridgehead atoms. The molecular weight excluding hydrogens is 244 g/mol. The molecule has 0 amide bonds. The molecule has 0 radical (unpaired) electrons. The molecule has 14 heavy (non-hydrogen) atoms. The van der Waals surface area contributed by atoms with Crippen molar-refractivity contribution in [3.05, 3.63) is 28.4 Å². The molecule has 0 aliphatic carbocycles. The summed E-state index contributed by atoms with van der Waals surface area (Å²) in [4.78, 5) is 10.5. The van der Waals surface area contributed by atoms with Crippen LogP contribution in [0, 0.1) is 6.92 Å². The van der Waals surface area contributed by atoms with Crippen molar-refractivity contribution in [1.82, 2.24) is 9.78 Å². The van der Waals surface area contributed by atoms with Gasteiger partial charge in [-0.05, 0) is 28.9 Å². The van der Waals surface area contributed by atoms with Gasteiger partial charge in [-0.15, -0.1) is 0 Å². The largest absolute Gasteiger partial charge is 0.301 e. The first kappa shape index (κ1) is 9.40. The van der Waals surface area contributed by atoms with Crippen LogP contribution in [0.4, 0.5) is 0 Å². The SMILES string of the molecule is Cc1nn(CC=O)c2c(Br)cccc12. The summed E-state index contributed by atoms with van der Waals surface area (Å²) in [6, 6.07) is 5.92. The molecule has 4 heteroatoms. The first-order valence-corrected chi connectivity index (χ1v) is 5.08. The molecule has 1 aromatic carbocycles. The molecule has 0 spiro atoms. The summed E-state index contributed by atoms with van der Waals surface area (Å²) in [5, 5.41) is 5.38. The normalized spacial score (nSPS) is 10.7. The quantitative estimate of drug-likeness (QED) is 0.770. The van der Waals surface area contributed by atoms with Gasteiger partial charge in [0.15, 0.2) is 0 Å². The summed E-state index contributed by atoms with van der Waals surface area (Å²) in [7, 11) is 0. The molecule has 0 aliphatic heterocycles. The van der Waals surface area contributed by atoms with E-state index in [1.54, 1.807) is 4.68 Å². The van der Waals surface area contributed by atoms with Gasteiger partial charge in [-0.25, -0.2) is 0 Å². The van der Waals surface area contributed by atoms with E-state index in [2.05, 4.69) is 21.0 Å². The van der Waals surface area contributed by atoms with Crippen LogP contribution in [0.2, 0.25) is 0 Å². The van der Waals surface area contributed by atoms with Gasteiger partial charge in [0.1, 0.15) is 6.29 Å². The maximum absolute atomic E-state index is 10.5. The predicted octanol–water partition coefficient (Wildman–Crippen LogP) is 2.31. The highest BCUT2D eigenvalue weighted by Crippen LogP contribution is 2.25. The fourth-order valence-electron chi connectivity index (χ4n) is 1.56. The van der Waals surface area contributed by atoms with E-state index in [1.807, 2.05) is 25.1 Å². The van der Waals surface area contributed by atoms with E-state index in [-0.39, 0.29) is 0 Å². The van der Waals surface area contributed by atoms with Crippen molar-refractivity contribution in [3.63, 3.8) is 0 Å². The monoisotopic (exact) mass is 252 g/mol. The fourth-order valence-corrected chi connectivity index (χ4v) is 2.13. The van der Waals surface area contributed by atoms with Gasteiger partial charge in [0, 0.05) is 9.86 Å². The highest BCUT2D eigenvalue weighted by Gasteiger charge is 2.08. The summed E-state index contributed by atoms with van der Waals surface area (Å²) >= 11 is 3.45. The first-order valence-electron chi connectivity index (χ1n) is 4.29. The lowest BCUT2D eigenvalue weighted by atomic mass is 10.2. The first-order chi connectivity index (χ1) is 6.74. The lowest BCUT2D eigenvalue weighted by Crippen LogP contribution is -2.01. The number of nitrogens with zero attached hydrogens (tertiary/aromatic N) is 2. The van der Waals surface area contributed by atoms with Crippen molar-refractivity contribution in [2.24, 2.45) is 0 Å². The van der Waals surface area contributed by atoms with E-state index in [0.29, 0.717) is 6.54 Å². The van der Waals surface area contributed by atoms with Crippen molar-refractivity contribution in [2.45, 2.75) is 13.5 Å². The summed E-state index contributed by atoms with van der Waals surface area (Å²) in [6.45, 7) is 2.24. The molecule has 0 atom stereocenters. The van der Waals surface area contributed by atoms with Crippen LogP contribution < -0.4 is 0 Å². The Morgan fingerprint density at radius 1 is 1.57 bits per heavy atom. The molecule has 3 nitrogen and oxygen atoms in total. The number of hydrogen-bond donors (Lipinski definition) is 0. The maximum atomic E-state index is 10.5. The van der Waals surface area contributed by atoms with Crippen molar-refractivity contribution in [1.29, 1.82) is 0 Å². The number of carbonyl (C=O) groups excluding carboxylic acids is 1. The number of aldehydes is 1. The summed E-state index contributed by atoms with van der Waals surface area (Å²) in [5.41, 5.74) is 1.93. The van der Waals surface area contributed by atoms with Gasteiger partial charge in [0.2, 0.25) is 0 Å². The van der Waals surface area contributed by atoms with Gasteiger partial charge in [0.25, 0.3) is 0 Å². The van der Waals surface area contributed by atoms with E-state index < -0.39 is 0 Å². The smallest absolute Gasteiger partial charge is 0.141 e. The number of para-hydroxylation sites is 1. The highest BCUT2D eigenvalue weighted by atomic mass is 79.9. The summed E-state index contributed by atoms with van der Waals surface area (Å²) in [5.74, 6) is 0. The Labute approximate surface area is 89.8 Å². The molecule has 2 aromatic rings. The number of benzene rings is 1. The molecule has 0 fully saturated rings. The van der Waals surface area contributed by atoms with Crippen LogP contribution >= 0.6 is 15.9 Å². The minimum Gasteiger partial charge on any atom is -0.301 e. The zero-order valence-corrected chi connectivity index (χ0v) is 9.28. The lowest BCUT2D eigenvalue weighted by Gasteiger charge is -1.98. The Balaban J connectivity index is 2.78. The van der Waals surface area contributed by atoms with E-state index >= 15 is 0 Å². The molecule has 0 unspecified atom stereocenters. The Kier molecular flexibility index (Phi) is 2.37. The molecule has 0 saturated heterocycles. The number of halogens is 1. The van der Waals surface area contributed by atoms with Gasteiger partial charge in [-0.2, -0.15) is 5.10 Å². The number of carbonyl (C=O) groups is 1. The lowest BCUT2D eigenvalue weighted by molar-refractivity contribution is -0.108. The average Bonchev–Trinajstić information content (AvgIpc) is 2.46. The van der Waals surface area contributed by atoms with E-state index in [4.69, 9.17) is 0 Å². The van der Waals surface area contributed by atoms with Crippen molar-refractivity contribution < 1.29 is 4.79 Å². The van der Waals surface area contributed by atoms with Crippen molar-refractivity contribution >= 4 is 33.1 Å². The van der Waals surface area contributed by atoms with Crippen LogP contribution in [0.3, 0.4) is 0 Å². The van der Waals surface area contributed by atoms with E-state index in [0.717, 1.165) is 27.4 Å².